The lowest BCUT2D eigenvalue weighted by molar-refractivity contribution is 0.185. The van der Waals surface area contributed by atoms with Crippen molar-refractivity contribution in [2.24, 2.45) is 0 Å². The second-order valence-electron chi connectivity index (χ2n) is 4.65. The molecule has 0 saturated carbocycles. The Labute approximate surface area is 104 Å². The fraction of sp³-hybridized carbons (Fsp3) is 0.636. The maximum Gasteiger partial charge on any atom is 0.267 e. The molecule has 1 aromatic heterocycles. The Kier molecular flexibility index (Phi) is 4.27. The summed E-state index contributed by atoms with van der Waals surface area (Å²) in [5, 5.41) is 0. The van der Waals surface area contributed by atoms with E-state index in [2.05, 4.69) is 20.9 Å². The molecule has 1 rings (SSSR count). The molecule has 5 heteroatoms. The molecule has 90 valence electrons. The van der Waals surface area contributed by atoms with E-state index in [4.69, 9.17) is 4.74 Å². The standard InChI is InChI=1S/C11H17BrN2O2/c1-11(2,3)9-8(12)10(15)14(7-13-9)5-6-16-4/h7H,5-6H2,1-4H3. The molecule has 0 aliphatic rings. The van der Waals surface area contributed by atoms with Crippen LogP contribution in [0.15, 0.2) is 15.6 Å². The fourth-order valence-corrected chi connectivity index (χ4v) is 2.26. The third kappa shape index (κ3) is 2.92. The summed E-state index contributed by atoms with van der Waals surface area (Å²) in [6.07, 6.45) is 1.58. The Morgan fingerprint density at radius 3 is 2.62 bits per heavy atom. The third-order valence-electron chi connectivity index (χ3n) is 2.23. The van der Waals surface area contributed by atoms with Gasteiger partial charge in [-0.2, -0.15) is 0 Å². The van der Waals surface area contributed by atoms with Crippen LogP contribution in [-0.2, 0) is 16.7 Å². The number of methoxy groups -OCH3 is 1. The molecule has 16 heavy (non-hydrogen) atoms. The van der Waals surface area contributed by atoms with Crippen LogP contribution >= 0.6 is 15.9 Å². The fourth-order valence-electron chi connectivity index (χ4n) is 1.34. The Bertz CT molecular complexity index is 421. The number of rotatable bonds is 3. The highest BCUT2D eigenvalue weighted by Gasteiger charge is 2.21. The minimum atomic E-state index is -0.141. The van der Waals surface area contributed by atoms with Gasteiger partial charge in [-0.15, -0.1) is 0 Å². The van der Waals surface area contributed by atoms with E-state index in [0.29, 0.717) is 17.6 Å². The molecule has 0 N–H and O–H groups in total. The molecular weight excluding hydrogens is 272 g/mol. The molecule has 1 aromatic rings. The topological polar surface area (TPSA) is 44.1 Å². The van der Waals surface area contributed by atoms with Crippen LogP contribution < -0.4 is 5.56 Å². The molecule has 0 saturated heterocycles. The normalized spacial score (nSPS) is 11.8. The highest BCUT2D eigenvalue weighted by molar-refractivity contribution is 9.10. The number of aromatic nitrogens is 2. The van der Waals surface area contributed by atoms with E-state index in [1.165, 1.54) is 0 Å². The van der Waals surface area contributed by atoms with E-state index in [1.54, 1.807) is 18.0 Å². The zero-order chi connectivity index (χ0) is 12.3. The molecule has 0 fully saturated rings. The molecule has 0 atom stereocenters. The highest BCUT2D eigenvalue weighted by atomic mass is 79.9. The largest absolute Gasteiger partial charge is 0.383 e. The number of hydrogen-bond donors (Lipinski definition) is 0. The van der Waals surface area contributed by atoms with Gasteiger partial charge in [0.2, 0.25) is 0 Å². The van der Waals surface area contributed by atoms with Crippen LogP contribution in [0.2, 0.25) is 0 Å². The van der Waals surface area contributed by atoms with Gasteiger partial charge in [-0.1, -0.05) is 20.8 Å². The van der Waals surface area contributed by atoms with E-state index < -0.39 is 0 Å². The summed E-state index contributed by atoms with van der Waals surface area (Å²) < 4.78 is 7.02. The van der Waals surface area contributed by atoms with Gasteiger partial charge in [-0.25, -0.2) is 4.98 Å². The summed E-state index contributed by atoms with van der Waals surface area (Å²) in [5.41, 5.74) is 0.585. The molecule has 1 heterocycles. The summed E-state index contributed by atoms with van der Waals surface area (Å²) in [5.74, 6) is 0. The molecule has 4 nitrogen and oxygen atoms in total. The Morgan fingerprint density at radius 1 is 1.50 bits per heavy atom. The summed E-state index contributed by atoms with van der Waals surface area (Å²) in [6, 6.07) is 0. The average molecular weight is 289 g/mol. The molecule has 0 aliphatic heterocycles. The monoisotopic (exact) mass is 288 g/mol. The number of halogens is 1. The molecule has 0 spiro atoms. The first-order chi connectivity index (χ1) is 7.38. The zero-order valence-electron chi connectivity index (χ0n) is 10.1. The van der Waals surface area contributed by atoms with Gasteiger partial charge in [0.05, 0.1) is 25.2 Å². The van der Waals surface area contributed by atoms with Crippen LogP contribution in [0, 0.1) is 0 Å². The van der Waals surface area contributed by atoms with E-state index in [9.17, 15) is 4.79 Å². The number of ether oxygens (including phenoxy) is 1. The van der Waals surface area contributed by atoms with Gasteiger partial charge in [-0.3, -0.25) is 9.36 Å². The summed E-state index contributed by atoms with van der Waals surface area (Å²) in [7, 11) is 1.61. The van der Waals surface area contributed by atoms with E-state index in [1.807, 2.05) is 20.8 Å². The van der Waals surface area contributed by atoms with Crippen molar-refractivity contribution in [1.29, 1.82) is 0 Å². The van der Waals surface area contributed by atoms with Gasteiger partial charge < -0.3 is 4.74 Å². The number of hydrogen-bond acceptors (Lipinski definition) is 3. The van der Waals surface area contributed by atoms with E-state index >= 15 is 0 Å². The minimum Gasteiger partial charge on any atom is -0.383 e. The molecule has 0 amide bonds. The van der Waals surface area contributed by atoms with Gasteiger partial charge in [-0.05, 0) is 15.9 Å². The van der Waals surface area contributed by atoms with Crippen molar-refractivity contribution in [1.82, 2.24) is 9.55 Å². The first-order valence-corrected chi connectivity index (χ1v) is 5.91. The highest BCUT2D eigenvalue weighted by Crippen LogP contribution is 2.24. The van der Waals surface area contributed by atoms with Gasteiger partial charge in [0, 0.05) is 12.5 Å². The van der Waals surface area contributed by atoms with Crippen LogP contribution in [0.5, 0.6) is 0 Å². The molecule has 0 aliphatic carbocycles. The van der Waals surface area contributed by atoms with Crippen LogP contribution in [0.3, 0.4) is 0 Å². The van der Waals surface area contributed by atoms with Crippen LogP contribution in [-0.4, -0.2) is 23.3 Å². The second-order valence-corrected chi connectivity index (χ2v) is 5.44. The smallest absolute Gasteiger partial charge is 0.267 e. The van der Waals surface area contributed by atoms with Gasteiger partial charge in [0.15, 0.2) is 0 Å². The third-order valence-corrected chi connectivity index (χ3v) is 2.94. The van der Waals surface area contributed by atoms with Crippen molar-refractivity contribution in [2.45, 2.75) is 32.7 Å². The van der Waals surface area contributed by atoms with Gasteiger partial charge in [0.1, 0.15) is 4.47 Å². The predicted molar refractivity (Wildman–Crippen MR) is 66.8 cm³/mol. The quantitative estimate of drug-likeness (QED) is 0.854. The first kappa shape index (κ1) is 13.4. The predicted octanol–water partition coefficient (Wildman–Crippen LogP) is 1.95. The van der Waals surface area contributed by atoms with Crippen molar-refractivity contribution in [3.8, 4) is 0 Å². The SMILES string of the molecule is COCCn1cnc(C(C)(C)C)c(Br)c1=O. The van der Waals surface area contributed by atoms with Gasteiger partial charge in [0.25, 0.3) is 5.56 Å². The Balaban J connectivity index is 3.14. The Morgan fingerprint density at radius 2 is 2.12 bits per heavy atom. The maximum atomic E-state index is 12.0. The molecule has 0 aromatic carbocycles. The van der Waals surface area contributed by atoms with Crippen molar-refractivity contribution in [3.05, 3.63) is 26.8 Å². The van der Waals surface area contributed by atoms with Crippen LogP contribution in [0.25, 0.3) is 0 Å². The van der Waals surface area contributed by atoms with Crippen LogP contribution in [0.1, 0.15) is 26.5 Å². The Hall–Kier alpha value is -0.680. The number of nitrogens with zero attached hydrogens (tertiary/aromatic N) is 2. The lowest BCUT2D eigenvalue weighted by Gasteiger charge is -2.19. The second kappa shape index (κ2) is 5.10. The summed E-state index contributed by atoms with van der Waals surface area (Å²) in [6.45, 7) is 7.10. The lowest BCUT2D eigenvalue weighted by Crippen LogP contribution is -2.28. The molecule has 0 radical (unpaired) electrons. The van der Waals surface area contributed by atoms with E-state index in [-0.39, 0.29) is 11.0 Å². The molecular formula is C11H17BrN2O2. The average Bonchev–Trinajstić information content (AvgIpc) is 2.18. The van der Waals surface area contributed by atoms with Crippen molar-refractivity contribution >= 4 is 15.9 Å². The summed E-state index contributed by atoms with van der Waals surface area (Å²) >= 11 is 3.32. The summed E-state index contributed by atoms with van der Waals surface area (Å²) in [4.78, 5) is 16.3. The minimum absolute atomic E-state index is 0.0584. The molecule has 0 bridgehead atoms. The maximum absolute atomic E-state index is 12.0. The van der Waals surface area contributed by atoms with Crippen molar-refractivity contribution in [3.63, 3.8) is 0 Å². The molecule has 0 unspecified atom stereocenters. The van der Waals surface area contributed by atoms with E-state index in [0.717, 1.165) is 5.69 Å². The first-order valence-electron chi connectivity index (χ1n) is 5.12. The van der Waals surface area contributed by atoms with Crippen molar-refractivity contribution in [2.75, 3.05) is 13.7 Å². The van der Waals surface area contributed by atoms with Crippen LogP contribution in [0.4, 0.5) is 0 Å². The van der Waals surface area contributed by atoms with Crippen molar-refractivity contribution < 1.29 is 4.74 Å². The van der Waals surface area contributed by atoms with Gasteiger partial charge >= 0.3 is 0 Å². The zero-order valence-corrected chi connectivity index (χ0v) is 11.7. The lowest BCUT2D eigenvalue weighted by atomic mass is 9.92.